The third kappa shape index (κ3) is 8.92. The highest BCUT2D eigenvalue weighted by Gasteiger charge is 1.55. The molecule has 8 heavy (non-hydrogen) atoms. The second-order valence-electron chi connectivity index (χ2n) is 1.05. The molecule has 2 heteroatoms. The zero-order valence-electron chi connectivity index (χ0n) is 4.79. The maximum absolute atomic E-state index is 9.56. The number of allylic oxidation sites excluding steroid dienone is 4. The molecular formula is C6H10O2. The quantitative estimate of drug-likeness (QED) is 0.293. The Bertz CT molecular complexity index is 92.7. The van der Waals surface area contributed by atoms with Crippen LogP contribution in [0.3, 0.4) is 0 Å². The van der Waals surface area contributed by atoms with Gasteiger partial charge in [-0.3, -0.25) is 4.79 Å². The Morgan fingerprint density at radius 2 is 1.75 bits per heavy atom. The predicted molar refractivity (Wildman–Crippen MR) is 33.6 cm³/mol. The Labute approximate surface area is 48.8 Å². The van der Waals surface area contributed by atoms with Crippen LogP contribution in [0.25, 0.3) is 0 Å². The predicted octanol–water partition coefficient (Wildman–Crippen LogP) is 0.493. The fraction of sp³-hybridized carbons (Fsp3) is 0.167. The molecule has 0 rings (SSSR count). The van der Waals surface area contributed by atoms with Gasteiger partial charge in [-0.1, -0.05) is 18.2 Å². The molecular weight excluding hydrogens is 104 g/mol. The molecule has 0 aromatic heterocycles. The van der Waals surface area contributed by atoms with Gasteiger partial charge in [0.15, 0.2) is 0 Å². The molecule has 0 atom stereocenters. The van der Waals surface area contributed by atoms with Gasteiger partial charge < -0.3 is 5.48 Å². The molecule has 0 aliphatic rings. The normalized spacial score (nSPS) is 9.62. The lowest BCUT2D eigenvalue weighted by molar-refractivity contribution is -0.104. The molecule has 0 spiro atoms. The van der Waals surface area contributed by atoms with E-state index in [-0.39, 0.29) is 5.48 Å². The molecule has 46 valence electrons. The summed E-state index contributed by atoms with van der Waals surface area (Å²) in [5.41, 5.74) is 0. The summed E-state index contributed by atoms with van der Waals surface area (Å²) in [6, 6.07) is 0. The molecule has 0 aromatic carbocycles. The van der Waals surface area contributed by atoms with Gasteiger partial charge in [-0.05, 0) is 13.0 Å². The van der Waals surface area contributed by atoms with Crippen molar-refractivity contribution in [2.24, 2.45) is 0 Å². The largest absolute Gasteiger partial charge is 0.412 e. The van der Waals surface area contributed by atoms with Crippen LogP contribution >= 0.6 is 0 Å². The lowest BCUT2D eigenvalue weighted by atomic mass is 10.5. The van der Waals surface area contributed by atoms with Crippen molar-refractivity contribution in [3.8, 4) is 0 Å². The van der Waals surface area contributed by atoms with Gasteiger partial charge in [0.05, 0.1) is 0 Å². The summed E-state index contributed by atoms with van der Waals surface area (Å²) in [7, 11) is 0. The second kappa shape index (κ2) is 9.44. The number of carbonyl (C=O) groups excluding carboxylic acids is 1. The molecule has 0 aliphatic heterocycles. The van der Waals surface area contributed by atoms with Gasteiger partial charge >= 0.3 is 0 Å². The van der Waals surface area contributed by atoms with E-state index in [2.05, 4.69) is 0 Å². The van der Waals surface area contributed by atoms with Crippen LogP contribution in [0.15, 0.2) is 24.3 Å². The van der Waals surface area contributed by atoms with Crippen LogP contribution in [0, 0.1) is 0 Å². The number of hydrogen-bond donors (Lipinski definition) is 0. The van der Waals surface area contributed by atoms with E-state index in [4.69, 9.17) is 0 Å². The minimum absolute atomic E-state index is 0. The van der Waals surface area contributed by atoms with Crippen molar-refractivity contribution in [2.45, 2.75) is 6.92 Å². The minimum Gasteiger partial charge on any atom is -0.412 e. The van der Waals surface area contributed by atoms with E-state index in [1.165, 1.54) is 6.08 Å². The molecule has 0 saturated carbocycles. The molecule has 2 nitrogen and oxygen atoms in total. The van der Waals surface area contributed by atoms with Gasteiger partial charge in [-0.15, -0.1) is 0 Å². The van der Waals surface area contributed by atoms with E-state index >= 15 is 0 Å². The van der Waals surface area contributed by atoms with E-state index in [9.17, 15) is 4.79 Å². The average Bonchev–Trinajstić information content (AvgIpc) is 1.69. The van der Waals surface area contributed by atoms with Crippen LogP contribution in [0.2, 0.25) is 0 Å². The Kier molecular flexibility index (Phi) is 12.0. The third-order valence-corrected chi connectivity index (χ3v) is 0.493. The highest BCUT2D eigenvalue weighted by molar-refractivity contribution is 5.65. The van der Waals surface area contributed by atoms with Crippen molar-refractivity contribution in [1.82, 2.24) is 0 Å². The molecule has 0 aromatic rings. The van der Waals surface area contributed by atoms with Crippen LogP contribution < -0.4 is 0 Å². The molecule has 0 saturated heterocycles. The summed E-state index contributed by atoms with van der Waals surface area (Å²) in [4.78, 5) is 9.56. The first-order chi connectivity index (χ1) is 3.41. The summed E-state index contributed by atoms with van der Waals surface area (Å²) >= 11 is 0. The van der Waals surface area contributed by atoms with Gasteiger partial charge in [0.2, 0.25) is 0 Å². The molecule has 0 amide bonds. The summed E-state index contributed by atoms with van der Waals surface area (Å²) in [5.74, 6) is 0. The first kappa shape index (κ1) is 10.2. The van der Waals surface area contributed by atoms with E-state index in [1.54, 1.807) is 12.2 Å². The average molecular weight is 114 g/mol. The van der Waals surface area contributed by atoms with Gasteiger partial charge in [0.25, 0.3) is 0 Å². The Balaban J connectivity index is 0. The second-order valence-corrected chi connectivity index (χ2v) is 1.05. The molecule has 0 unspecified atom stereocenters. The summed E-state index contributed by atoms with van der Waals surface area (Å²) < 4.78 is 0. The highest BCUT2D eigenvalue weighted by Crippen LogP contribution is 1.70. The summed E-state index contributed by atoms with van der Waals surface area (Å²) in [6.07, 6.45) is 7.54. The van der Waals surface area contributed by atoms with E-state index < -0.39 is 0 Å². The molecule has 0 bridgehead atoms. The Morgan fingerprint density at radius 3 is 2.12 bits per heavy atom. The van der Waals surface area contributed by atoms with Gasteiger partial charge in [-0.2, -0.15) is 0 Å². The maximum atomic E-state index is 9.56. The highest BCUT2D eigenvalue weighted by atomic mass is 16.1. The van der Waals surface area contributed by atoms with E-state index in [0.29, 0.717) is 0 Å². The minimum atomic E-state index is 0. The van der Waals surface area contributed by atoms with Gasteiger partial charge in [0, 0.05) is 0 Å². The number of carbonyl (C=O) groups is 1. The fourth-order valence-corrected chi connectivity index (χ4v) is 0.221. The first-order valence-electron chi connectivity index (χ1n) is 2.15. The summed E-state index contributed by atoms with van der Waals surface area (Å²) in [6.45, 7) is 1.90. The van der Waals surface area contributed by atoms with Crippen molar-refractivity contribution < 1.29 is 10.3 Å². The van der Waals surface area contributed by atoms with E-state index in [0.717, 1.165) is 6.29 Å². The van der Waals surface area contributed by atoms with Crippen LogP contribution in [0.4, 0.5) is 0 Å². The Morgan fingerprint density at radius 1 is 1.12 bits per heavy atom. The van der Waals surface area contributed by atoms with Gasteiger partial charge in [-0.25, -0.2) is 0 Å². The number of aldehydes is 1. The molecule has 0 fully saturated rings. The van der Waals surface area contributed by atoms with Crippen molar-refractivity contribution >= 4 is 6.29 Å². The van der Waals surface area contributed by atoms with Crippen LogP contribution in [0.5, 0.6) is 0 Å². The van der Waals surface area contributed by atoms with Crippen molar-refractivity contribution in [3.05, 3.63) is 24.3 Å². The van der Waals surface area contributed by atoms with Crippen LogP contribution in [-0.4, -0.2) is 11.8 Å². The lowest BCUT2D eigenvalue weighted by Crippen LogP contribution is -1.53. The third-order valence-electron chi connectivity index (χ3n) is 0.493. The molecule has 0 radical (unpaired) electrons. The van der Waals surface area contributed by atoms with Crippen LogP contribution in [0.1, 0.15) is 6.92 Å². The molecule has 0 aliphatic carbocycles. The summed E-state index contributed by atoms with van der Waals surface area (Å²) in [5, 5.41) is 0. The smallest absolute Gasteiger partial charge is 0.142 e. The topological polar surface area (TPSA) is 48.6 Å². The number of hydrogen-bond acceptors (Lipinski definition) is 1. The number of rotatable bonds is 2. The molecule has 0 heterocycles. The molecule has 2 N–H and O–H groups in total. The monoisotopic (exact) mass is 114 g/mol. The van der Waals surface area contributed by atoms with E-state index in [1.807, 2.05) is 13.0 Å². The maximum Gasteiger partial charge on any atom is 0.142 e. The first-order valence-corrected chi connectivity index (χ1v) is 2.15. The standard InChI is InChI=1S/C6H8O.H2O/c1-2-3-4-5-6-7;/h2-6H,1H3;1H2. The Hall–Kier alpha value is -0.890. The fourth-order valence-electron chi connectivity index (χ4n) is 0.221. The van der Waals surface area contributed by atoms with Crippen LogP contribution in [-0.2, 0) is 4.79 Å². The van der Waals surface area contributed by atoms with Crippen molar-refractivity contribution in [1.29, 1.82) is 0 Å². The van der Waals surface area contributed by atoms with Crippen molar-refractivity contribution in [3.63, 3.8) is 0 Å². The van der Waals surface area contributed by atoms with Crippen molar-refractivity contribution in [2.75, 3.05) is 0 Å². The SMILES string of the molecule is CC=CC=CC=O.O. The lowest BCUT2D eigenvalue weighted by Gasteiger charge is -1.62. The zero-order chi connectivity index (χ0) is 5.54. The zero-order valence-corrected chi connectivity index (χ0v) is 4.79. The van der Waals surface area contributed by atoms with Gasteiger partial charge in [0.1, 0.15) is 6.29 Å².